The molecule has 0 spiro atoms. The normalized spacial score (nSPS) is 24.2. The molecule has 0 aliphatic carbocycles. The van der Waals surface area contributed by atoms with Gasteiger partial charge in [-0.3, -0.25) is 9.69 Å². The lowest BCUT2D eigenvalue weighted by Crippen LogP contribution is -2.48. The Morgan fingerprint density at radius 2 is 1.89 bits per heavy atom. The number of rotatable bonds is 6. The van der Waals surface area contributed by atoms with Crippen molar-refractivity contribution in [2.45, 2.75) is 64.4 Å². The summed E-state index contributed by atoms with van der Waals surface area (Å²) in [6.45, 7) is 6.78. The minimum absolute atomic E-state index is 0.0138. The predicted molar refractivity (Wildman–Crippen MR) is 130 cm³/mol. The van der Waals surface area contributed by atoms with E-state index < -0.39 is 63.3 Å². The van der Waals surface area contributed by atoms with Gasteiger partial charge in [0.15, 0.2) is 0 Å². The SMILES string of the molecule is CCOC(=O)[C@@H]1c2cnn(S(C)(=O)=O)c2CN1[C@H]1CO[C@@H](c2cc(F)ccc2F)[C@@H](C(=O)OC(C)(C)C)C1. The molecule has 0 saturated carbocycles. The Hall–Kier alpha value is -2.90. The largest absolute Gasteiger partial charge is 0.465 e. The first-order valence-corrected chi connectivity index (χ1v) is 14.0. The second kappa shape index (κ2) is 10.3. The number of carbonyl (C=O) groups is 2. The number of esters is 2. The summed E-state index contributed by atoms with van der Waals surface area (Å²) in [4.78, 5) is 28.0. The number of ether oxygens (including phenoxy) is 3. The summed E-state index contributed by atoms with van der Waals surface area (Å²) in [6.07, 6.45) is 1.26. The van der Waals surface area contributed by atoms with E-state index in [0.29, 0.717) is 11.3 Å². The van der Waals surface area contributed by atoms with Gasteiger partial charge < -0.3 is 14.2 Å². The summed E-state index contributed by atoms with van der Waals surface area (Å²) in [7, 11) is -3.75. The number of nitrogens with zero attached hydrogens (tertiary/aromatic N) is 3. The topological polar surface area (TPSA) is 117 Å². The quantitative estimate of drug-likeness (QED) is 0.496. The Kier molecular flexibility index (Phi) is 7.65. The Labute approximate surface area is 219 Å². The summed E-state index contributed by atoms with van der Waals surface area (Å²) in [5.41, 5.74) is -0.289. The molecule has 0 radical (unpaired) electrons. The van der Waals surface area contributed by atoms with Crippen molar-refractivity contribution in [3.05, 3.63) is 52.9 Å². The highest BCUT2D eigenvalue weighted by Gasteiger charge is 2.48. The highest BCUT2D eigenvalue weighted by Crippen LogP contribution is 2.43. The van der Waals surface area contributed by atoms with Crippen LogP contribution in [0, 0.1) is 17.6 Å². The molecule has 2 aliphatic heterocycles. The lowest BCUT2D eigenvalue weighted by Gasteiger charge is -2.41. The molecular weight excluding hydrogens is 524 g/mol. The van der Waals surface area contributed by atoms with Crippen molar-refractivity contribution in [3.8, 4) is 0 Å². The molecule has 2 aromatic rings. The molecule has 1 aromatic heterocycles. The maximum Gasteiger partial charge on any atom is 0.328 e. The monoisotopic (exact) mass is 555 g/mol. The van der Waals surface area contributed by atoms with E-state index in [1.165, 1.54) is 6.20 Å². The van der Waals surface area contributed by atoms with Gasteiger partial charge in [0.1, 0.15) is 23.3 Å². The number of benzene rings is 1. The fraction of sp³-hybridized carbons (Fsp3) is 0.560. The average molecular weight is 556 g/mol. The van der Waals surface area contributed by atoms with Gasteiger partial charge in [0, 0.05) is 23.7 Å². The molecule has 2 aliphatic rings. The average Bonchev–Trinajstić information content (AvgIpc) is 3.38. The van der Waals surface area contributed by atoms with Crippen LogP contribution in [0.4, 0.5) is 8.78 Å². The van der Waals surface area contributed by atoms with E-state index >= 15 is 0 Å². The van der Waals surface area contributed by atoms with Crippen LogP contribution in [0.25, 0.3) is 0 Å². The molecule has 13 heteroatoms. The van der Waals surface area contributed by atoms with E-state index in [9.17, 15) is 26.8 Å². The van der Waals surface area contributed by atoms with Gasteiger partial charge in [0.2, 0.25) is 0 Å². The molecule has 208 valence electrons. The molecule has 0 unspecified atom stereocenters. The zero-order valence-corrected chi connectivity index (χ0v) is 22.6. The van der Waals surface area contributed by atoms with Gasteiger partial charge >= 0.3 is 11.9 Å². The Bertz CT molecular complexity index is 1340. The molecule has 4 atom stereocenters. The molecule has 0 amide bonds. The van der Waals surface area contributed by atoms with Crippen molar-refractivity contribution in [1.29, 1.82) is 0 Å². The first-order chi connectivity index (χ1) is 17.7. The van der Waals surface area contributed by atoms with Crippen molar-refractivity contribution in [1.82, 2.24) is 14.1 Å². The standard InChI is InChI=1S/C25H31F2N3O7S/c1-6-35-24(32)21-18-11-28-30(38(5,33)34)20(18)12-29(21)15-10-17(23(31)37-25(2,3)4)22(36-13-15)16-9-14(26)7-8-19(16)27/h7-9,11,15,17,21-22H,6,10,12-13H2,1-5H3/t15-,17+,21+,22+/m1/s1. The number of carbonyl (C=O) groups excluding carboxylic acids is 2. The van der Waals surface area contributed by atoms with Crippen LogP contribution in [-0.2, 0) is 40.4 Å². The van der Waals surface area contributed by atoms with Gasteiger partial charge in [-0.15, -0.1) is 0 Å². The maximum absolute atomic E-state index is 14.7. The molecule has 4 rings (SSSR count). The van der Waals surface area contributed by atoms with Crippen LogP contribution in [0.3, 0.4) is 0 Å². The van der Waals surface area contributed by atoms with Crippen LogP contribution in [0.1, 0.15) is 63.1 Å². The zero-order valence-electron chi connectivity index (χ0n) is 21.8. The van der Waals surface area contributed by atoms with Crippen molar-refractivity contribution in [2.24, 2.45) is 5.92 Å². The van der Waals surface area contributed by atoms with Gasteiger partial charge in [0.05, 0.1) is 43.4 Å². The molecule has 1 saturated heterocycles. The lowest BCUT2D eigenvalue weighted by molar-refractivity contribution is -0.175. The van der Waals surface area contributed by atoms with Crippen LogP contribution in [-0.4, -0.2) is 65.6 Å². The van der Waals surface area contributed by atoms with E-state index in [2.05, 4.69) is 5.10 Å². The Balaban J connectivity index is 1.70. The number of hydrogen-bond donors (Lipinski definition) is 0. The Morgan fingerprint density at radius 3 is 2.53 bits per heavy atom. The molecule has 38 heavy (non-hydrogen) atoms. The summed E-state index contributed by atoms with van der Waals surface area (Å²) >= 11 is 0. The van der Waals surface area contributed by atoms with Crippen LogP contribution in [0.5, 0.6) is 0 Å². The summed E-state index contributed by atoms with van der Waals surface area (Å²) in [5, 5.41) is 3.95. The number of aromatic nitrogens is 2. The van der Waals surface area contributed by atoms with Crippen molar-refractivity contribution >= 4 is 22.0 Å². The first kappa shape index (κ1) is 28.1. The fourth-order valence-corrected chi connectivity index (χ4v) is 5.77. The molecule has 0 bridgehead atoms. The third-order valence-corrected chi connectivity index (χ3v) is 7.39. The predicted octanol–water partition coefficient (Wildman–Crippen LogP) is 2.88. The van der Waals surface area contributed by atoms with Crippen molar-refractivity contribution in [2.75, 3.05) is 19.5 Å². The smallest absolute Gasteiger partial charge is 0.328 e. The lowest BCUT2D eigenvalue weighted by atomic mass is 9.86. The third kappa shape index (κ3) is 5.59. The molecular formula is C25H31F2N3O7S. The van der Waals surface area contributed by atoms with Crippen molar-refractivity contribution in [3.63, 3.8) is 0 Å². The molecule has 1 fully saturated rings. The van der Waals surface area contributed by atoms with Crippen LogP contribution in [0.15, 0.2) is 24.4 Å². The highest BCUT2D eigenvalue weighted by molar-refractivity contribution is 7.89. The fourth-order valence-electron chi connectivity index (χ4n) is 4.98. The second-order valence-corrected chi connectivity index (χ2v) is 12.2. The number of fused-ring (bicyclic) bond motifs is 1. The molecule has 1 aromatic carbocycles. The summed E-state index contributed by atoms with van der Waals surface area (Å²) in [6, 6.07) is 1.36. The van der Waals surface area contributed by atoms with Gasteiger partial charge in [-0.1, -0.05) is 0 Å². The minimum atomic E-state index is -3.75. The van der Waals surface area contributed by atoms with E-state index in [1.807, 2.05) is 0 Å². The van der Waals surface area contributed by atoms with Crippen LogP contribution in [0.2, 0.25) is 0 Å². The van der Waals surface area contributed by atoms with Gasteiger partial charge in [-0.25, -0.2) is 22.0 Å². The van der Waals surface area contributed by atoms with Gasteiger partial charge in [-0.05, 0) is 52.3 Å². The minimum Gasteiger partial charge on any atom is -0.465 e. The highest BCUT2D eigenvalue weighted by atomic mass is 32.2. The number of hydrogen-bond acceptors (Lipinski definition) is 9. The molecule has 0 N–H and O–H groups in total. The maximum atomic E-state index is 14.7. The third-order valence-electron chi connectivity index (χ3n) is 6.45. The van der Waals surface area contributed by atoms with Crippen LogP contribution < -0.4 is 0 Å². The van der Waals surface area contributed by atoms with Gasteiger partial charge in [-0.2, -0.15) is 9.19 Å². The molecule has 10 nitrogen and oxygen atoms in total. The first-order valence-electron chi connectivity index (χ1n) is 12.2. The summed E-state index contributed by atoms with van der Waals surface area (Å²) in [5.74, 6) is -3.72. The number of halogens is 2. The van der Waals surface area contributed by atoms with E-state index in [1.54, 1.807) is 32.6 Å². The summed E-state index contributed by atoms with van der Waals surface area (Å²) < 4.78 is 71.1. The second-order valence-electron chi connectivity index (χ2n) is 10.4. The van der Waals surface area contributed by atoms with Crippen LogP contribution >= 0.6 is 0 Å². The Morgan fingerprint density at radius 1 is 1.18 bits per heavy atom. The van der Waals surface area contributed by atoms with Crippen molar-refractivity contribution < 1.29 is 41.0 Å². The zero-order chi connectivity index (χ0) is 28.0. The molecule has 3 heterocycles. The van der Waals surface area contributed by atoms with Gasteiger partial charge in [0.25, 0.3) is 10.0 Å². The van der Waals surface area contributed by atoms with E-state index in [-0.39, 0.29) is 31.7 Å². The van der Waals surface area contributed by atoms with E-state index in [4.69, 9.17) is 14.2 Å². The van der Waals surface area contributed by atoms with E-state index in [0.717, 1.165) is 28.5 Å².